The summed E-state index contributed by atoms with van der Waals surface area (Å²) in [6.07, 6.45) is 3.93. The maximum atomic E-state index is 10.8. The number of ether oxygens (including phenoxy) is 1. The van der Waals surface area contributed by atoms with Gasteiger partial charge >= 0.3 is 0 Å². The lowest BCUT2D eigenvalue weighted by Gasteiger charge is -2.43. The third-order valence-electron chi connectivity index (χ3n) is 4.49. The second-order valence-corrected chi connectivity index (χ2v) is 6.93. The molecule has 3 unspecified atom stereocenters. The predicted molar refractivity (Wildman–Crippen MR) is 88.2 cm³/mol. The van der Waals surface area contributed by atoms with Crippen molar-refractivity contribution in [3.8, 4) is 0 Å². The lowest BCUT2D eigenvalue weighted by atomic mass is 9.74. The molecular formula is C17H24Cl2O2. The summed E-state index contributed by atoms with van der Waals surface area (Å²) in [5, 5.41) is 12.1. The van der Waals surface area contributed by atoms with Crippen molar-refractivity contribution < 1.29 is 9.84 Å². The monoisotopic (exact) mass is 330 g/mol. The van der Waals surface area contributed by atoms with Crippen LogP contribution in [0, 0.1) is 5.92 Å². The van der Waals surface area contributed by atoms with E-state index in [9.17, 15) is 5.11 Å². The first kappa shape index (κ1) is 17.1. The molecule has 2 nitrogen and oxygen atoms in total. The van der Waals surface area contributed by atoms with Crippen molar-refractivity contribution in [1.29, 1.82) is 0 Å². The molecule has 2 rings (SSSR count). The minimum absolute atomic E-state index is 0.436. The van der Waals surface area contributed by atoms with E-state index in [1.807, 2.05) is 25.1 Å². The van der Waals surface area contributed by atoms with Gasteiger partial charge in [0.05, 0.1) is 11.7 Å². The maximum absolute atomic E-state index is 10.8. The largest absolute Gasteiger partial charge is 0.390 e. The predicted octanol–water partition coefficient (Wildman–Crippen LogP) is 4.88. The molecule has 1 fully saturated rings. The lowest BCUT2D eigenvalue weighted by molar-refractivity contribution is -0.146. The van der Waals surface area contributed by atoms with Gasteiger partial charge in [0.25, 0.3) is 0 Å². The van der Waals surface area contributed by atoms with Crippen LogP contribution in [-0.4, -0.2) is 23.4 Å². The molecule has 1 aromatic carbocycles. The van der Waals surface area contributed by atoms with Gasteiger partial charge in [0.1, 0.15) is 0 Å². The van der Waals surface area contributed by atoms with E-state index in [0.29, 0.717) is 29.0 Å². The van der Waals surface area contributed by atoms with Gasteiger partial charge in [-0.3, -0.25) is 0 Å². The van der Waals surface area contributed by atoms with E-state index >= 15 is 0 Å². The van der Waals surface area contributed by atoms with E-state index in [-0.39, 0.29) is 0 Å². The Hall–Kier alpha value is -0.280. The minimum Gasteiger partial charge on any atom is -0.390 e. The number of hydrogen-bond donors (Lipinski definition) is 1. The second-order valence-electron chi connectivity index (χ2n) is 6.12. The quantitative estimate of drug-likeness (QED) is 0.833. The molecule has 1 aliphatic rings. The zero-order valence-electron chi connectivity index (χ0n) is 12.7. The fraction of sp³-hybridized carbons (Fsp3) is 0.647. The number of halogens is 2. The standard InChI is InChI=1S/C17H24Cl2O2/c1-3-21-17(9-5-6-12(2)11-17)16(20)10-13-14(18)7-4-8-15(13)19/h4,7-8,12,16,20H,3,5-6,9-11H2,1-2H3. The smallest absolute Gasteiger partial charge is 0.0945 e. The number of hydrogen-bond acceptors (Lipinski definition) is 2. The minimum atomic E-state index is -0.586. The second kappa shape index (κ2) is 7.32. The molecule has 21 heavy (non-hydrogen) atoms. The Morgan fingerprint density at radius 3 is 2.62 bits per heavy atom. The van der Waals surface area contributed by atoms with Crippen LogP contribution < -0.4 is 0 Å². The molecule has 0 radical (unpaired) electrons. The molecule has 0 aromatic heterocycles. The fourth-order valence-electron chi connectivity index (χ4n) is 3.47. The third kappa shape index (κ3) is 3.92. The van der Waals surface area contributed by atoms with Crippen LogP contribution in [0.15, 0.2) is 18.2 Å². The van der Waals surface area contributed by atoms with E-state index in [1.165, 1.54) is 6.42 Å². The highest BCUT2D eigenvalue weighted by atomic mass is 35.5. The SMILES string of the molecule is CCOC1(C(O)Cc2c(Cl)cccc2Cl)CCCC(C)C1. The Bertz CT molecular complexity index is 454. The summed E-state index contributed by atoms with van der Waals surface area (Å²) >= 11 is 12.5. The normalized spacial score (nSPS) is 27.6. The number of aliphatic hydroxyl groups is 1. The van der Waals surface area contributed by atoms with Crippen LogP contribution in [0.4, 0.5) is 0 Å². The van der Waals surface area contributed by atoms with Crippen molar-refractivity contribution >= 4 is 23.2 Å². The van der Waals surface area contributed by atoms with Crippen LogP contribution in [0.1, 0.15) is 45.1 Å². The van der Waals surface area contributed by atoms with Crippen molar-refractivity contribution in [2.75, 3.05) is 6.61 Å². The van der Waals surface area contributed by atoms with Gasteiger partial charge < -0.3 is 9.84 Å². The van der Waals surface area contributed by atoms with Crippen molar-refractivity contribution in [3.05, 3.63) is 33.8 Å². The highest BCUT2D eigenvalue weighted by Gasteiger charge is 2.42. The van der Waals surface area contributed by atoms with Crippen LogP contribution in [0.3, 0.4) is 0 Å². The first-order valence-electron chi connectivity index (χ1n) is 7.73. The summed E-state index contributed by atoms with van der Waals surface area (Å²) in [5.41, 5.74) is 0.347. The highest BCUT2D eigenvalue weighted by Crippen LogP contribution is 2.39. The molecule has 0 spiro atoms. The molecule has 0 saturated heterocycles. The molecule has 1 N–H and O–H groups in total. The van der Waals surface area contributed by atoms with Crippen molar-refractivity contribution in [2.45, 2.75) is 57.7 Å². The van der Waals surface area contributed by atoms with E-state index < -0.39 is 11.7 Å². The highest BCUT2D eigenvalue weighted by molar-refractivity contribution is 6.36. The molecule has 1 aliphatic carbocycles. The van der Waals surface area contributed by atoms with E-state index in [1.54, 1.807) is 0 Å². The summed E-state index contributed by atoms with van der Waals surface area (Å²) in [5.74, 6) is 0.571. The van der Waals surface area contributed by atoms with Gasteiger partial charge in [-0.05, 0) is 43.4 Å². The molecule has 1 saturated carbocycles. The molecular weight excluding hydrogens is 307 g/mol. The number of rotatable bonds is 5. The topological polar surface area (TPSA) is 29.5 Å². The van der Waals surface area contributed by atoms with Gasteiger partial charge in [-0.15, -0.1) is 0 Å². The average Bonchev–Trinajstić information content (AvgIpc) is 2.43. The zero-order chi connectivity index (χ0) is 15.5. The fourth-order valence-corrected chi connectivity index (χ4v) is 4.02. The summed E-state index contributed by atoms with van der Waals surface area (Å²) in [4.78, 5) is 0. The first-order chi connectivity index (χ1) is 9.98. The molecule has 4 heteroatoms. The van der Waals surface area contributed by atoms with Gasteiger partial charge in [0.2, 0.25) is 0 Å². The van der Waals surface area contributed by atoms with E-state index in [0.717, 1.165) is 24.8 Å². The van der Waals surface area contributed by atoms with Gasteiger partial charge in [-0.1, -0.05) is 49.0 Å². The number of aliphatic hydroxyl groups excluding tert-OH is 1. The summed E-state index contributed by atoms with van der Waals surface area (Å²) < 4.78 is 6.02. The molecule has 0 aliphatic heterocycles. The summed E-state index contributed by atoms with van der Waals surface area (Å²) in [6.45, 7) is 4.82. The Labute approximate surface area is 137 Å². The van der Waals surface area contributed by atoms with E-state index in [2.05, 4.69) is 6.92 Å². The Morgan fingerprint density at radius 1 is 1.38 bits per heavy atom. The third-order valence-corrected chi connectivity index (χ3v) is 5.20. The summed E-state index contributed by atoms with van der Waals surface area (Å²) in [6, 6.07) is 5.44. The average molecular weight is 331 g/mol. The van der Waals surface area contributed by atoms with Gasteiger partial charge in [-0.2, -0.15) is 0 Å². The molecule has 0 amide bonds. The van der Waals surface area contributed by atoms with Crippen molar-refractivity contribution in [3.63, 3.8) is 0 Å². The molecule has 0 heterocycles. The first-order valence-corrected chi connectivity index (χ1v) is 8.49. The molecule has 3 atom stereocenters. The van der Waals surface area contributed by atoms with Gasteiger partial charge in [0.15, 0.2) is 0 Å². The summed E-state index contributed by atoms with van der Waals surface area (Å²) in [7, 11) is 0. The lowest BCUT2D eigenvalue weighted by Crippen LogP contribution is -2.49. The maximum Gasteiger partial charge on any atom is 0.0945 e. The van der Waals surface area contributed by atoms with Gasteiger partial charge in [0, 0.05) is 23.1 Å². The van der Waals surface area contributed by atoms with Crippen LogP contribution in [-0.2, 0) is 11.2 Å². The van der Waals surface area contributed by atoms with Crippen LogP contribution in [0.5, 0.6) is 0 Å². The molecule has 0 bridgehead atoms. The molecule has 1 aromatic rings. The molecule has 118 valence electrons. The van der Waals surface area contributed by atoms with E-state index in [4.69, 9.17) is 27.9 Å². The van der Waals surface area contributed by atoms with Crippen LogP contribution in [0.25, 0.3) is 0 Å². The zero-order valence-corrected chi connectivity index (χ0v) is 14.3. The Morgan fingerprint density at radius 2 is 2.05 bits per heavy atom. The Kier molecular flexibility index (Phi) is 5.96. The number of benzene rings is 1. The van der Waals surface area contributed by atoms with Crippen molar-refractivity contribution in [2.24, 2.45) is 5.92 Å². The van der Waals surface area contributed by atoms with Gasteiger partial charge in [-0.25, -0.2) is 0 Å². The Balaban J connectivity index is 2.21. The van der Waals surface area contributed by atoms with Crippen LogP contribution in [0.2, 0.25) is 10.0 Å². The van der Waals surface area contributed by atoms with Crippen molar-refractivity contribution in [1.82, 2.24) is 0 Å². The van der Waals surface area contributed by atoms with Crippen LogP contribution >= 0.6 is 23.2 Å².